The van der Waals surface area contributed by atoms with Crippen LogP contribution >= 0.6 is 0 Å². The molecular weight excluding hydrogens is 414 g/mol. The van der Waals surface area contributed by atoms with Gasteiger partial charge in [-0.1, -0.05) is 30.3 Å². The van der Waals surface area contributed by atoms with Crippen LogP contribution in [0.25, 0.3) is 0 Å². The number of aromatic nitrogens is 1. The lowest BCUT2D eigenvalue weighted by Gasteiger charge is -2.13. The van der Waals surface area contributed by atoms with Gasteiger partial charge in [-0.15, -0.1) is 0 Å². The maximum atomic E-state index is 12.8. The Labute approximate surface area is 181 Å². The summed E-state index contributed by atoms with van der Waals surface area (Å²) in [6.45, 7) is 0. The number of nitrogens with zero attached hydrogens (tertiary/aromatic N) is 1. The Bertz CT molecular complexity index is 1130. The van der Waals surface area contributed by atoms with E-state index < -0.39 is 27.5 Å². The molecule has 0 saturated carbocycles. The molecule has 2 aromatic carbocycles. The number of ketones is 1. The smallest absolute Gasteiger partial charge is 0.307 e. The first kappa shape index (κ1) is 22.4. The molecule has 0 saturated heterocycles. The number of hydrogen-bond donors (Lipinski definition) is 1. The fourth-order valence-electron chi connectivity index (χ4n) is 3.32. The highest BCUT2D eigenvalue weighted by Gasteiger charge is 2.26. The molecule has 1 aromatic heterocycles. The molecule has 0 radical (unpaired) electrons. The predicted octanol–water partition coefficient (Wildman–Crippen LogP) is 3.81. The van der Waals surface area contributed by atoms with Crippen LogP contribution in [0.5, 0.6) is 0 Å². The largest absolute Gasteiger partial charge is 0.481 e. The molecule has 1 heterocycles. The van der Waals surface area contributed by atoms with Crippen molar-refractivity contribution in [2.75, 3.05) is 5.75 Å². The van der Waals surface area contributed by atoms with Crippen molar-refractivity contribution in [2.24, 2.45) is 5.92 Å². The molecule has 1 N–H and O–H groups in total. The molecule has 0 bridgehead atoms. The molecule has 7 heteroatoms. The summed E-state index contributed by atoms with van der Waals surface area (Å²) in [5, 5.41) is 9.51. The maximum Gasteiger partial charge on any atom is 0.307 e. The van der Waals surface area contributed by atoms with Gasteiger partial charge >= 0.3 is 5.97 Å². The Morgan fingerprint density at radius 2 is 1.48 bits per heavy atom. The Hall–Kier alpha value is -3.32. The lowest BCUT2D eigenvalue weighted by Crippen LogP contribution is -2.24. The molecule has 0 spiro atoms. The summed E-state index contributed by atoms with van der Waals surface area (Å²) in [6, 6.07) is 18.4. The Morgan fingerprint density at radius 1 is 0.871 bits per heavy atom. The highest BCUT2D eigenvalue weighted by molar-refractivity contribution is 7.91. The first-order chi connectivity index (χ1) is 14.9. The normalized spacial score (nSPS) is 12.3. The van der Waals surface area contributed by atoms with Crippen LogP contribution in [0.4, 0.5) is 0 Å². The molecule has 0 aliphatic rings. The van der Waals surface area contributed by atoms with Crippen LogP contribution in [-0.2, 0) is 21.1 Å². The van der Waals surface area contributed by atoms with Gasteiger partial charge in [0.05, 0.1) is 16.6 Å². The Kier molecular flexibility index (Phi) is 7.31. The predicted molar refractivity (Wildman–Crippen MR) is 117 cm³/mol. The van der Waals surface area contributed by atoms with E-state index in [2.05, 4.69) is 4.98 Å². The molecule has 3 rings (SSSR count). The second kappa shape index (κ2) is 10.1. The number of aliphatic carboxylic acids is 1. The zero-order chi connectivity index (χ0) is 22.3. The van der Waals surface area contributed by atoms with Crippen LogP contribution in [0.15, 0.2) is 84.0 Å². The van der Waals surface area contributed by atoms with E-state index in [0.717, 1.165) is 5.56 Å². The van der Waals surface area contributed by atoms with Crippen LogP contribution in [0.3, 0.4) is 0 Å². The molecule has 0 aliphatic heterocycles. The van der Waals surface area contributed by atoms with Crippen LogP contribution < -0.4 is 0 Å². The molecule has 3 aromatic rings. The Morgan fingerprint density at radius 3 is 2.10 bits per heavy atom. The van der Waals surface area contributed by atoms with Crippen molar-refractivity contribution in [1.29, 1.82) is 0 Å². The van der Waals surface area contributed by atoms with Crippen LogP contribution in [0.2, 0.25) is 0 Å². The van der Waals surface area contributed by atoms with Crippen LogP contribution in [-0.4, -0.2) is 36.0 Å². The minimum Gasteiger partial charge on any atom is -0.481 e. The van der Waals surface area contributed by atoms with Gasteiger partial charge in [-0.3, -0.25) is 14.6 Å². The lowest BCUT2D eigenvalue weighted by molar-refractivity contribution is -0.141. The molecule has 6 nitrogen and oxygen atoms in total. The minimum atomic E-state index is -3.81. The zero-order valence-corrected chi connectivity index (χ0v) is 17.7. The fraction of sp³-hybridized carbons (Fsp3) is 0.208. The van der Waals surface area contributed by atoms with Gasteiger partial charge in [0, 0.05) is 23.5 Å². The molecule has 1 atom stereocenters. The van der Waals surface area contributed by atoms with E-state index in [0.29, 0.717) is 24.0 Å². The monoisotopic (exact) mass is 437 g/mol. The molecule has 0 amide bonds. The van der Waals surface area contributed by atoms with E-state index in [1.54, 1.807) is 12.1 Å². The maximum absolute atomic E-state index is 12.8. The third-order valence-corrected chi connectivity index (χ3v) is 6.88. The number of rotatable bonds is 10. The third-order valence-electron chi connectivity index (χ3n) is 5.05. The average Bonchev–Trinajstić information content (AvgIpc) is 2.79. The fourth-order valence-corrected chi connectivity index (χ4v) is 4.90. The first-order valence-electron chi connectivity index (χ1n) is 9.91. The van der Waals surface area contributed by atoms with E-state index in [4.69, 9.17) is 0 Å². The number of carboxylic acids is 1. The van der Waals surface area contributed by atoms with E-state index in [9.17, 15) is 23.1 Å². The van der Waals surface area contributed by atoms with Gasteiger partial charge in [0.2, 0.25) is 0 Å². The van der Waals surface area contributed by atoms with Gasteiger partial charge in [0.25, 0.3) is 0 Å². The summed E-state index contributed by atoms with van der Waals surface area (Å²) in [7, 11) is -3.81. The Balaban J connectivity index is 1.66. The highest BCUT2D eigenvalue weighted by Crippen LogP contribution is 2.20. The molecule has 0 aliphatic carbocycles. The summed E-state index contributed by atoms with van der Waals surface area (Å²) in [5.74, 6) is -2.84. The van der Waals surface area contributed by atoms with Crippen molar-refractivity contribution >= 4 is 21.6 Å². The summed E-state index contributed by atoms with van der Waals surface area (Å²) in [5.41, 5.74) is 1.89. The SMILES string of the molecule is O=C(c1ccncc1)c1ccc(S(=O)(=O)CC(CCCc2ccccc2)C(=O)O)cc1. The second-order valence-corrected chi connectivity index (χ2v) is 9.32. The molecular formula is C24H23NO5S. The van der Waals surface area contributed by atoms with E-state index >= 15 is 0 Å². The average molecular weight is 438 g/mol. The van der Waals surface area contributed by atoms with Crippen LogP contribution in [0, 0.1) is 5.92 Å². The highest BCUT2D eigenvalue weighted by atomic mass is 32.2. The van der Waals surface area contributed by atoms with Gasteiger partial charge < -0.3 is 5.11 Å². The van der Waals surface area contributed by atoms with Crippen molar-refractivity contribution in [3.05, 3.63) is 95.8 Å². The van der Waals surface area contributed by atoms with E-state index in [1.165, 1.54) is 36.7 Å². The number of hydrogen-bond acceptors (Lipinski definition) is 5. The summed E-state index contributed by atoms with van der Waals surface area (Å²) < 4.78 is 25.5. The van der Waals surface area contributed by atoms with E-state index in [-0.39, 0.29) is 17.1 Å². The molecule has 1 unspecified atom stereocenters. The minimum absolute atomic E-state index is 0.00749. The number of carboxylic acid groups (broad SMARTS) is 1. The molecule has 0 fully saturated rings. The summed E-state index contributed by atoms with van der Waals surface area (Å²) in [4.78, 5) is 28.0. The van der Waals surface area contributed by atoms with Crippen molar-refractivity contribution < 1.29 is 23.1 Å². The van der Waals surface area contributed by atoms with Gasteiger partial charge in [-0.2, -0.15) is 0 Å². The lowest BCUT2D eigenvalue weighted by atomic mass is 10.0. The van der Waals surface area contributed by atoms with Crippen molar-refractivity contribution in [1.82, 2.24) is 4.98 Å². The van der Waals surface area contributed by atoms with Crippen LogP contribution in [0.1, 0.15) is 34.3 Å². The van der Waals surface area contributed by atoms with Crippen molar-refractivity contribution in [3.8, 4) is 0 Å². The van der Waals surface area contributed by atoms with Crippen molar-refractivity contribution in [2.45, 2.75) is 24.2 Å². The van der Waals surface area contributed by atoms with Crippen molar-refractivity contribution in [3.63, 3.8) is 0 Å². The van der Waals surface area contributed by atoms with Gasteiger partial charge in [-0.25, -0.2) is 8.42 Å². The molecule has 160 valence electrons. The topological polar surface area (TPSA) is 101 Å². The van der Waals surface area contributed by atoms with Gasteiger partial charge in [0.15, 0.2) is 15.6 Å². The quantitative estimate of drug-likeness (QED) is 0.484. The van der Waals surface area contributed by atoms with Gasteiger partial charge in [0.1, 0.15) is 0 Å². The van der Waals surface area contributed by atoms with Gasteiger partial charge in [-0.05, 0) is 61.2 Å². The first-order valence-corrected chi connectivity index (χ1v) is 11.6. The number of aryl methyl sites for hydroxylation is 1. The summed E-state index contributed by atoms with van der Waals surface area (Å²) >= 11 is 0. The number of carbonyl (C=O) groups excluding carboxylic acids is 1. The number of sulfone groups is 1. The number of carbonyl (C=O) groups is 2. The molecule has 31 heavy (non-hydrogen) atoms. The standard InChI is InChI=1S/C24H23NO5S/c26-23(20-13-15-25-16-14-20)19-9-11-22(12-10-19)31(29,30)17-21(24(27)28)8-4-7-18-5-2-1-3-6-18/h1-3,5-6,9-16,21H,4,7-8,17H2,(H,27,28). The second-order valence-electron chi connectivity index (χ2n) is 7.28. The summed E-state index contributed by atoms with van der Waals surface area (Å²) in [6.07, 6.45) is 4.56. The number of benzene rings is 2. The number of pyridine rings is 1. The van der Waals surface area contributed by atoms with E-state index in [1.807, 2.05) is 30.3 Å². The third kappa shape index (κ3) is 6.08. The zero-order valence-electron chi connectivity index (χ0n) is 16.8.